The van der Waals surface area contributed by atoms with E-state index >= 15 is 0 Å². The summed E-state index contributed by atoms with van der Waals surface area (Å²) in [7, 11) is 1.82. The highest BCUT2D eigenvalue weighted by Gasteiger charge is 2.31. The van der Waals surface area contributed by atoms with Gasteiger partial charge in [-0.3, -0.25) is 4.68 Å². The fourth-order valence-corrected chi connectivity index (χ4v) is 2.16. The van der Waals surface area contributed by atoms with Crippen LogP contribution in [0.2, 0.25) is 5.15 Å². The zero-order valence-electron chi connectivity index (χ0n) is 10.7. The van der Waals surface area contributed by atoms with Gasteiger partial charge in [-0.05, 0) is 19.3 Å². The third-order valence-electron chi connectivity index (χ3n) is 3.44. The van der Waals surface area contributed by atoms with E-state index in [4.69, 9.17) is 11.6 Å². The lowest BCUT2D eigenvalue weighted by molar-refractivity contribution is -0.00840. The fraction of sp³-hybridized carbons (Fsp3) is 0.750. The van der Waals surface area contributed by atoms with Crippen molar-refractivity contribution in [2.75, 3.05) is 0 Å². The smallest absolute Gasteiger partial charge is 0.130 e. The summed E-state index contributed by atoms with van der Waals surface area (Å²) in [6, 6.07) is 0. The van der Waals surface area contributed by atoms with E-state index in [-0.39, 0.29) is 5.92 Å². The fourth-order valence-electron chi connectivity index (χ4n) is 1.92. The van der Waals surface area contributed by atoms with Gasteiger partial charge in [0.15, 0.2) is 0 Å². The molecule has 0 saturated carbocycles. The van der Waals surface area contributed by atoms with Gasteiger partial charge in [-0.15, -0.1) is 0 Å². The highest BCUT2D eigenvalue weighted by atomic mass is 35.5. The van der Waals surface area contributed by atoms with Gasteiger partial charge in [-0.2, -0.15) is 5.10 Å². The molecule has 0 fully saturated rings. The Balaban J connectivity index is 3.03. The quantitative estimate of drug-likeness (QED) is 0.885. The van der Waals surface area contributed by atoms with Crippen LogP contribution in [0.1, 0.15) is 38.4 Å². The molecule has 0 spiro atoms. The Morgan fingerprint density at radius 3 is 2.38 bits per heavy atom. The molecule has 1 N–H and O–H groups in total. The topological polar surface area (TPSA) is 38.1 Å². The molecule has 3 nitrogen and oxygen atoms in total. The Morgan fingerprint density at radius 2 is 2.06 bits per heavy atom. The Morgan fingerprint density at radius 1 is 1.50 bits per heavy atom. The molecule has 0 aliphatic carbocycles. The molecule has 0 bridgehead atoms. The number of aliphatic hydroxyl groups is 1. The summed E-state index contributed by atoms with van der Waals surface area (Å²) in [6.07, 6.45) is 1.29. The van der Waals surface area contributed by atoms with Gasteiger partial charge in [0.25, 0.3) is 0 Å². The number of rotatable bonds is 4. The van der Waals surface area contributed by atoms with Crippen molar-refractivity contribution in [3.05, 3.63) is 16.4 Å². The molecule has 1 heterocycles. The largest absolute Gasteiger partial charge is 0.389 e. The SMILES string of the molecule is CCC(O)(Cc1c(C)nn(C)c1Cl)C(C)C. The lowest BCUT2D eigenvalue weighted by Gasteiger charge is -2.31. The van der Waals surface area contributed by atoms with E-state index in [0.717, 1.165) is 17.7 Å². The number of hydrogen-bond acceptors (Lipinski definition) is 2. The summed E-state index contributed by atoms with van der Waals surface area (Å²) in [6.45, 7) is 7.99. The monoisotopic (exact) mass is 244 g/mol. The first-order valence-electron chi connectivity index (χ1n) is 5.72. The minimum Gasteiger partial charge on any atom is -0.389 e. The highest BCUT2D eigenvalue weighted by molar-refractivity contribution is 6.30. The molecule has 1 aromatic rings. The normalized spacial score (nSPS) is 15.5. The number of halogens is 1. The van der Waals surface area contributed by atoms with Crippen molar-refractivity contribution in [1.29, 1.82) is 0 Å². The van der Waals surface area contributed by atoms with E-state index in [1.54, 1.807) is 4.68 Å². The first kappa shape index (κ1) is 13.5. The van der Waals surface area contributed by atoms with Gasteiger partial charge in [0.05, 0.1) is 11.3 Å². The predicted octanol–water partition coefficient (Wildman–Crippen LogP) is 2.72. The molecular weight excluding hydrogens is 224 g/mol. The van der Waals surface area contributed by atoms with Crippen LogP contribution in [0, 0.1) is 12.8 Å². The summed E-state index contributed by atoms with van der Waals surface area (Å²) in [4.78, 5) is 0. The van der Waals surface area contributed by atoms with Crippen molar-refractivity contribution in [2.24, 2.45) is 13.0 Å². The van der Waals surface area contributed by atoms with Crippen molar-refractivity contribution in [3.8, 4) is 0 Å². The van der Waals surface area contributed by atoms with Crippen LogP contribution in [0.4, 0.5) is 0 Å². The van der Waals surface area contributed by atoms with Gasteiger partial charge in [0.2, 0.25) is 0 Å². The van der Waals surface area contributed by atoms with E-state index < -0.39 is 5.60 Å². The number of nitrogens with zero attached hydrogens (tertiary/aromatic N) is 2. The number of hydrogen-bond donors (Lipinski definition) is 1. The zero-order chi connectivity index (χ0) is 12.5. The third-order valence-corrected chi connectivity index (χ3v) is 3.91. The van der Waals surface area contributed by atoms with Gasteiger partial charge in [0.1, 0.15) is 5.15 Å². The summed E-state index contributed by atoms with van der Waals surface area (Å²) in [5.74, 6) is 0.202. The Hall–Kier alpha value is -0.540. The molecular formula is C12H21ClN2O. The Kier molecular flexibility index (Phi) is 4.02. The molecule has 1 rings (SSSR count). The third kappa shape index (κ3) is 2.41. The minimum atomic E-state index is -0.697. The standard InChI is InChI=1S/C12H21ClN2O/c1-6-12(16,8(2)3)7-10-9(4)14-15(5)11(10)13/h8,16H,6-7H2,1-5H3. The van der Waals surface area contributed by atoms with Crippen molar-refractivity contribution in [2.45, 2.75) is 46.1 Å². The maximum atomic E-state index is 10.5. The molecule has 92 valence electrons. The summed E-state index contributed by atoms with van der Waals surface area (Å²) >= 11 is 6.17. The van der Waals surface area contributed by atoms with E-state index in [9.17, 15) is 5.11 Å². The van der Waals surface area contributed by atoms with Crippen LogP contribution in [0.25, 0.3) is 0 Å². The predicted molar refractivity (Wildman–Crippen MR) is 66.7 cm³/mol. The van der Waals surface area contributed by atoms with E-state index in [1.807, 2.05) is 34.7 Å². The van der Waals surface area contributed by atoms with Crippen LogP contribution >= 0.6 is 11.6 Å². The molecule has 0 aromatic carbocycles. The molecule has 0 aliphatic heterocycles. The molecule has 0 saturated heterocycles. The molecule has 0 aliphatic rings. The van der Waals surface area contributed by atoms with Crippen LogP contribution < -0.4 is 0 Å². The summed E-state index contributed by atoms with van der Waals surface area (Å²) < 4.78 is 1.66. The molecule has 1 unspecified atom stereocenters. The zero-order valence-corrected chi connectivity index (χ0v) is 11.5. The number of aromatic nitrogens is 2. The van der Waals surface area contributed by atoms with Crippen LogP contribution in [-0.4, -0.2) is 20.5 Å². The lowest BCUT2D eigenvalue weighted by Crippen LogP contribution is -2.36. The molecule has 16 heavy (non-hydrogen) atoms. The van der Waals surface area contributed by atoms with Crippen molar-refractivity contribution < 1.29 is 5.11 Å². The van der Waals surface area contributed by atoms with Crippen LogP contribution in [0.15, 0.2) is 0 Å². The average molecular weight is 245 g/mol. The van der Waals surface area contributed by atoms with Crippen molar-refractivity contribution in [3.63, 3.8) is 0 Å². The van der Waals surface area contributed by atoms with Crippen molar-refractivity contribution >= 4 is 11.6 Å². The van der Waals surface area contributed by atoms with Gasteiger partial charge < -0.3 is 5.11 Å². The molecule has 4 heteroatoms. The van der Waals surface area contributed by atoms with Gasteiger partial charge in [-0.25, -0.2) is 0 Å². The molecule has 0 amide bonds. The second kappa shape index (κ2) is 4.76. The van der Waals surface area contributed by atoms with E-state index in [1.165, 1.54) is 0 Å². The average Bonchev–Trinajstić information content (AvgIpc) is 2.44. The first-order valence-corrected chi connectivity index (χ1v) is 6.10. The highest BCUT2D eigenvalue weighted by Crippen LogP contribution is 2.30. The van der Waals surface area contributed by atoms with Gasteiger partial charge >= 0.3 is 0 Å². The summed E-state index contributed by atoms with van der Waals surface area (Å²) in [5, 5.41) is 15.4. The second-order valence-electron chi connectivity index (χ2n) is 4.77. The second-order valence-corrected chi connectivity index (χ2v) is 5.12. The first-order chi connectivity index (χ1) is 7.31. The van der Waals surface area contributed by atoms with Gasteiger partial charge in [-0.1, -0.05) is 32.4 Å². The van der Waals surface area contributed by atoms with Crippen molar-refractivity contribution in [1.82, 2.24) is 9.78 Å². The number of aryl methyl sites for hydroxylation is 2. The van der Waals surface area contributed by atoms with Crippen LogP contribution in [0.5, 0.6) is 0 Å². The van der Waals surface area contributed by atoms with E-state index in [2.05, 4.69) is 5.10 Å². The Labute approximate surface area is 102 Å². The van der Waals surface area contributed by atoms with Crippen LogP contribution in [0.3, 0.4) is 0 Å². The maximum absolute atomic E-state index is 10.5. The van der Waals surface area contributed by atoms with Crippen LogP contribution in [-0.2, 0) is 13.5 Å². The maximum Gasteiger partial charge on any atom is 0.130 e. The molecule has 0 radical (unpaired) electrons. The summed E-state index contributed by atoms with van der Waals surface area (Å²) in [5.41, 5.74) is 1.17. The Bertz CT molecular complexity index is 373. The molecule has 1 atom stereocenters. The van der Waals surface area contributed by atoms with E-state index in [0.29, 0.717) is 11.6 Å². The molecule has 1 aromatic heterocycles. The minimum absolute atomic E-state index is 0.202. The lowest BCUT2D eigenvalue weighted by atomic mass is 9.82. The van der Waals surface area contributed by atoms with Gasteiger partial charge in [0, 0.05) is 19.0 Å².